The van der Waals surface area contributed by atoms with E-state index in [0.29, 0.717) is 18.7 Å². The number of rotatable bonds is 10. The van der Waals surface area contributed by atoms with Gasteiger partial charge in [-0.3, -0.25) is 4.90 Å². The van der Waals surface area contributed by atoms with E-state index in [1.54, 1.807) is 6.08 Å². The Labute approximate surface area is 130 Å². The highest BCUT2D eigenvalue weighted by Gasteiger charge is 2.11. The van der Waals surface area contributed by atoms with Crippen molar-refractivity contribution in [3.8, 4) is 5.75 Å². The normalized spacial score (nSPS) is 11.4. The van der Waals surface area contributed by atoms with Crippen LogP contribution < -0.4 is 10.1 Å². The standard InChI is InChI=1S/C18H30N2O/c1-6-13-21-18-9-7-17(8-10-18)14-19-11-12-20(15(2)3)16(4)5/h6-10,15-16,19H,1,11-14H2,2-5H3. The summed E-state index contributed by atoms with van der Waals surface area (Å²) >= 11 is 0. The van der Waals surface area contributed by atoms with E-state index in [0.717, 1.165) is 25.4 Å². The summed E-state index contributed by atoms with van der Waals surface area (Å²) in [5.41, 5.74) is 1.28. The van der Waals surface area contributed by atoms with Gasteiger partial charge in [-0.05, 0) is 45.4 Å². The van der Waals surface area contributed by atoms with Crippen molar-refractivity contribution in [2.75, 3.05) is 19.7 Å². The summed E-state index contributed by atoms with van der Waals surface area (Å²) in [6.07, 6.45) is 1.75. The van der Waals surface area contributed by atoms with Crippen LogP contribution in [-0.2, 0) is 6.54 Å². The largest absolute Gasteiger partial charge is 0.490 e. The molecular formula is C18H30N2O. The molecule has 0 radical (unpaired) electrons. The second-order valence-corrected chi connectivity index (χ2v) is 5.85. The maximum Gasteiger partial charge on any atom is 0.119 e. The molecule has 1 aromatic carbocycles. The van der Waals surface area contributed by atoms with E-state index < -0.39 is 0 Å². The zero-order chi connectivity index (χ0) is 15.7. The Kier molecular flexibility index (Phi) is 8.09. The number of benzene rings is 1. The van der Waals surface area contributed by atoms with E-state index in [1.165, 1.54) is 5.56 Å². The first-order chi connectivity index (χ1) is 10.0. The summed E-state index contributed by atoms with van der Waals surface area (Å²) in [6, 6.07) is 9.41. The van der Waals surface area contributed by atoms with Crippen LogP contribution in [0.5, 0.6) is 5.75 Å². The molecule has 3 nitrogen and oxygen atoms in total. The molecule has 0 saturated heterocycles. The highest BCUT2D eigenvalue weighted by atomic mass is 16.5. The minimum atomic E-state index is 0.553. The zero-order valence-corrected chi connectivity index (χ0v) is 13.9. The van der Waals surface area contributed by atoms with Gasteiger partial charge in [0.2, 0.25) is 0 Å². The smallest absolute Gasteiger partial charge is 0.119 e. The van der Waals surface area contributed by atoms with Crippen molar-refractivity contribution in [1.29, 1.82) is 0 Å². The predicted molar refractivity (Wildman–Crippen MR) is 90.8 cm³/mol. The van der Waals surface area contributed by atoms with Crippen molar-refractivity contribution < 1.29 is 4.74 Å². The van der Waals surface area contributed by atoms with Gasteiger partial charge < -0.3 is 10.1 Å². The molecule has 0 saturated carbocycles. The summed E-state index contributed by atoms with van der Waals surface area (Å²) in [4.78, 5) is 2.50. The minimum Gasteiger partial charge on any atom is -0.490 e. The average molecular weight is 290 g/mol. The average Bonchev–Trinajstić information content (AvgIpc) is 2.45. The lowest BCUT2D eigenvalue weighted by molar-refractivity contribution is 0.176. The van der Waals surface area contributed by atoms with Gasteiger partial charge in [0.25, 0.3) is 0 Å². The molecule has 118 valence electrons. The first-order valence-corrected chi connectivity index (χ1v) is 7.83. The Hall–Kier alpha value is -1.32. The van der Waals surface area contributed by atoms with Gasteiger partial charge in [0.15, 0.2) is 0 Å². The molecule has 0 aliphatic rings. The molecule has 1 rings (SSSR count). The molecule has 0 unspecified atom stereocenters. The quantitative estimate of drug-likeness (QED) is 0.527. The van der Waals surface area contributed by atoms with Crippen molar-refractivity contribution >= 4 is 0 Å². The topological polar surface area (TPSA) is 24.5 Å². The molecule has 0 bridgehead atoms. The number of hydrogen-bond donors (Lipinski definition) is 1. The van der Waals surface area contributed by atoms with Crippen LogP contribution in [0.25, 0.3) is 0 Å². The highest BCUT2D eigenvalue weighted by molar-refractivity contribution is 5.27. The second-order valence-electron chi connectivity index (χ2n) is 5.85. The molecule has 21 heavy (non-hydrogen) atoms. The molecule has 0 aromatic heterocycles. The molecule has 1 aromatic rings. The Balaban J connectivity index is 2.30. The summed E-state index contributed by atoms with van der Waals surface area (Å²) in [6.45, 7) is 16.2. The maximum atomic E-state index is 5.47. The molecule has 0 atom stereocenters. The summed E-state index contributed by atoms with van der Waals surface area (Å²) in [5.74, 6) is 0.893. The maximum absolute atomic E-state index is 5.47. The lowest BCUT2D eigenvalue weighted by Gasteiger charge is -2.30. The minimum absolute atomic E-state index is 0.553. The summed E-state index contributed by atoms with van der Waals surface area (Å²) in [7, 11) is 0. The van der Waals surface area contributed by atoms with Crippen LogP contribution in [0.1, 0.15) is 33.3 Å². The van der Waals surface area contributed by atoms with Crippen LogP contribution in [0.3, 0.4) is 0 Å². The third-order valence-corrected chi connectivity index (χ3v) is 3.49. The van der Waals surface area contributed by atoms with Crippen molar-refractivity contribution in [2.45, 2.75) is 46.3 Å². The van der Waals surface area contributed by atoms with Crippen molar-refractivity contribution in [3.05, 3.63) is 42.5 Å². The molecule has 0 aliphatic carbocycles. The first-order valence-electron chi connectivity index (χ1n) is 7.83. The molecule has 0 spiro atoms. The Morgan fingerprint density at radius 3 is 2.29 bits per heavy atom. The van der Waals surface area contributed by atoms with Gasteiger partial charge in [-0.2, -0.15) is 0 Å². The van der Waals surface area contributed by atoms with Crippen LogP contribution >= 0.6 is 0 Å². The highest BCUT2D eigenvalue weighted by Crippen LogP contribution is 2.12. The van der Waals surface area contributed by atoms with Gasteiger partial charge in [0.1, 0.15) is 12.4 Å². The van der Waals surface area contributed by atoms with E-state index in [2.05, 4.69) is 56.6 Å². The fourth-order valence-electron chi connectivity index (χ4n) is 2.41. The molecule has 1 N–H and O–H groups in total. The molecule has 3 heteroatoms. The summed E-state index contributed by atoms with van der Waals surface area (Å²) < 4.78 is 5.47. The predicted octanol–water partition coefficient (Wildman–Crippen LogP) is 3.46. The van der Waals surface area contributed by atoms with Crippen molar-refractivity contribution in [1.82, 2.24) is 10.2 Å². The van der Waals surface area contributed by atoms with E-state index in [-0.39, 0.29) is 0 Å². The number of ether oxygens (including phenoxy) is 1. The van der Waals surface area contributed by atoms with Gasteiger partial charge in [-0.15, -0.1) is 0 Å². The van der Waals surface area contributed by atoms with E-state index in [4.69, 9.17) is 4.74 Å². The fraction of sp³-hybridized carbons (Fsp3) is 0.556. The van der Waals surface area contributed by atoms with Crippen LogP contribution in [0.15, 0.2) is 36.9 Å². The van der Waals surface area contributed by atoms with Gasteiger partial charge in [-0.1, -0.05) is 24.8 Å². The molecule has 0 fully saturated rings. The molecule has 0 aliphatic heterocycles. The van der Waals surface area contributed by atoms with Crippen LogP contribution in [-0.4, -0.2) is 36.7 Å². The Bertz CT molecular complexity index is 390. The van der Waals surface area contributed by atoms with Gasteiger partial charge in [0.05, 0.1) is 0 Å². The Morgan fingerprint density at radius 2 is 1.76 bits per heavy atom. The molecule has 0 amide bonds. The third-order valence-electron chi connectivity index (χ3n) is 3.49. The van der Waals surface area contributed by atoms with E-state index in [9.17, 15) is 0 Å². The Morgan fingerprint density at radius 1 is 1.14 bits per heavy atom. The van der Waals surface area contributed by atoms with Crippen LogP contribution in [0.2, 0.25) is 0 Å². The monoisotopic (exact) mass is 290 g/mol. The number of hydrogen-bond acceptors (Lipinski definition) is 3. The fourth-order valence-corrected chi connectivity index (χ4v) is 2.41. The lowest BCUT2D eigenvalue weighted by Crippen LogP contribution is -2.41. The molecular weight excluding hydrogens is 260 g/mol. The number of nitrogens with one attached hydrogen (secondary N) is 1. The van der Waals surface area contributed by atoms with Crippen molar-refractivity contribution in [2.24, 2.45) is 0 Å². The van der Waals surface area contributed by atoms with Crippen LogP contribution in [0.4, 0.5) is 0 Å². The second kappa shape index (κ2) is 9.59. The summed E-state index contributed by atoms with van der Waals surface area (Å²) in [5, 5.41) is 3.51. The van der Waals surface area contributed by atoms with Gasteiger partial charge in [-0.25, -0.2) is 0 Å². The van der Waals surface area contributed by atoms with E-state index in [1.807, 2.05) is 12.1 Å². The number of nitrogens with zero attached hydrogens (tertiary/aromatic N) is 1. The van der Waals surface area contributed by atoms with E-state index >= 15 is 0 Å². The SMILES string of the molecule is C=CCOc1ccc(CNCCN(C(C)C)C(C)C)cc1. The van der Waals surface area contributed by atoms with Gasteiger partial charge in [0, 0.05) is 31.7 Å². The third kappa shape index (κ3) is 6.78. The zero-order valence-electron chi connectivity index (χ0n) is 13.9. The molecule has 0 heterocycles. The van der Waals surface area contributed by atoms with Crippen molar-refractivity contribution in [3.63, 3.8) is 0 Å². The lowest BCUT2D eigenvalue weighted by atomic mass is 10.2. The van der Waals surface area contributed by atoms with Gasteiger partial charge >= 0.3 is 0 Å². The first kappa shape index (κ1) is 17.7. The van der Waals surface area contributed by atoms with Crippen LogP contribution in [0, 0.1) is 0 Å².